The molecule has 0 spiro atoms. The normalized spacial score (nSPS) is 18.8. The summed E-state index contributed by atoms with van der Waals surface area (Å²) in [5.41, 5.74) is 1.59. The van der Waals surface area contributed by atoms with Crippen molar-refractivity contribution in [2.45, 2.75) is 12.0 Å². The van der Waals surface area contributed by atoms with E-state index in [1.807, 2.05) is 17.5 Å². The van der Waals surface area contributed by atoms with Gasteiger partial charge in [-0.3, -0.25) is 9.59 Å². The second-order valence-electron chi connectivity index (χ2n) is 8.00. The van der Waals surface area contributed by atoms with Crippen molar-refractivity contribution in [3.63, 3.8) is 0 Å². The molecule has 1 N–H and O–H groups in total. The summed E-state index contributed by atoms with van der Waals surface area (Å²) in [4.78, 5) is 29.7. The number of carbonyl (C=O) groups excluding carboxylic acids is 2. The van der Waals surface area contributed by atoms with Gasteiger partial charge in [-0.25, -0.2) is 0 Å². The molecule has 0 unspecified atom stereocenters. The zero-order valence-electron chi connectivity index (χ0n) is 19.0. The van der Waals surface area contributed by atoms with E-state index in [0.717, 1.165) is 4.88 Å². The van der Waals surface area contributed by atoms with E-state index in [2.05, 4.69) is 5.32 Å². The third-order valence-electron chi connectivity index (χ3n) is 6.10. The van der Waals surface area contributed by atoms with Crippen LogP contribution in [0.4, 0.5) is 5.69 Å². The van der Waals surface area contributed by atoms with Crippen LogP contribution in [0, 0.1) is 0 Å². The minimum Gasteiger partial charge on any atom is -0.493 e. The highest BCUT2D eigenvalue weighted by atomic mass is 32.1. The molecule has 2 aliphatic rings. The van der Waals surface area contributed by atoms with Crippen molar-refractivity contribution in [3.05, 3.63) is 63.8 Å². The lowest BCUT2D eigenvalue weighted by Crippen LogP contribution is -2.43. The van der Waals surface area contributed by atoms with Gasteiger partial charge in [0.25, 0.3) is 5.91 Å². The molecule has 2 aromatic carbocycles. The number of methoxy groups -OCH3 is 2. The van der Waals surface area contributed by atoms with Crippen molar-refractivity contribution in [1.29, 1.82) is 0 Å². The van der Waals surface area contributed by atoms with E-state index < -0.39 is 12.0 Å². The predicted octanol–water partition coefficient (Wildman–Crippen LogP) is 4.09. The molecule has 0 radical (unpaired) electrons. The van der Waals surface area contributed by atoms with Crippen molar-refractivity contribution in [2.24, 2.45) is 0 Å². The van der Waals surface area contributed by atoms with Gasteiger partial charge in [0, 0.05) is 29.2 Å². The van der Waals surface area contributed by atoms with Gasteiger partial charge >= 0.3 is 0 Å². The maximum Gasteiger partial charge on any atom is 0.254 e. The molecule has 3 aromatic rings. The Bertz CT molecular complexity index is 1240. The summed E-state index contributed by atoms with van der Waals surface area (Å²) in [6.45, 7) is 0.946. The zero-order valence-corrected chi connectivity index (χ0v) is 19.8. The molecule has 0 bridgehead atoms. The monoisotopic (exact) mass is 480 g/mol. The van der Waals surface area contributed by atoms with Crippen LogP contribution in [0.2, 0.25) is 0 Å². The summed E-state index contributed by atoms with van der Waals surface area (Å²) in [7, 11) is 4.76. The molecular weight excluding hydrogens is 456 g/mol. The second-order valence-corrected chi connectivity index (χ2v) is 8.98. The number of fused-ring (bicyclic) bond motifs is 2. The van der Waals surface area contributed by atoms with Gasteiger partial charge in [-0.15, -0.1) is 11.3 Å². The molecule has 0 saturated carbocycles. The third-order valence-corrected chi connectivity index (χ3v) is 7.04. The van der Waals surface area contributed by atoms with Crippen molar-refractivity contribution in [1.82, 2.24) is 4.90 Å². The number of ether oxygens (including phenoxy) is 4. The van der Waals surface area contributed by atoms with E-state index in [0.29, 0.717) is 53.0 Å². The molecule has 176 valence electrons. The van der Waals surface area contributed by atoms with Crippen LogP contribution in [-0.4, -0.2) is 51.2 Å². The fourth-order valence-electron chi connectivity index (χ4n) is 4.49. The highest BCUT2D eigenvalue weighted by Crippen LogP contribution is 2.47. The largest absolute Gasteiger partial charge is 0.493 e. The number of hydrogen-bond donors (Lipinski definition) is 1. The fraction of sp³-hybridized carbons (Fsp3) is 0.280. The van der Waals surface area contributed by atoms with Gasteiger partial charge < -0.3 is 29.2 Å². The van der Waals surface area contributed by atoms with E-state index in [1.165, 1.54) is 25.6 Å². The Balaban J connectivity index is 1.59. The SMILES string of the molecule is COc1cc2c(cc1OC)[C@@H](C(=O)Nc1ccc3c(c1)OCCO3)[C@@H](c1cccs1)N(C)C2=O. The van der Waals surface area contributed by atoms with E-state index in [1.54, 1.807) is 42.3 Å². The molecule has 2 atom stereocenters. The quantitative estimate of drug-likeness (QED) is 0.592. The number of hydrogen-bond acceptors (Lipinski definition) is 7. The van der Waals surface area contributed by atoms with Crippen LogP contribution in [0.25, 0.3) is 0 Å². The first-order chi connectivity index (χ1) is 16.5. The molecule has 3 heterocycles. The van der Waals surface area contributed by atoms with Gasteiger partial charge in [0.05, 0.1) is 26.2 Å². The number of likely N-dealkylation sites (N-methyl/N-ethyl adjacent to an activating group) is 1. The van der Waals surface area contributed by atoms with Gasteiger partial charge in [0.15, 0.2) is 23.0 Å². The van der Waals surface area contributed by atoms with Crippen LogP contribution in [0.5, 0.6) is 23.0 Å². The van der Waals surface area contributed by atoms with Gasteiger partial charge in [-0.1, -0.05) is 6.07 Å². The van der Waals surface area contributed by atoms with Crippen LogP contribution in [-0.2, 0) is 4.79 Å². The fourth-order valence-corrected chi connectivity index (χ4v) is 5.39. The Kier molecular flexibility index (Phi) is 5.79. The summed E-state index contributed by atoms with van der Waals surface area (Å²) in [5.74, 6) is 1.02. The number of carbonyl (C=O) groups is 2. The summed E-state index contributed by atoms with van der Waals surface area (Å²) < 4.78 is 22.1. The lowest BCUT2D eigenvalue weighted by atomic mass is 9.81. The molecule has 8 nitrogen and oxygen atoms in total. The highest BCUT2D eigenvalue weighted by molar-refractivity contribution is 7.10. The summed E-state index contributed by atoms with van der Waals surface area (Å²) in [6.07, 6.45) is 0. The maximum absolute atomic E-state index is 13.8. The molecule has 2 amide bonds. The van der Waals surface area contributed by atoms with Crippen molar-refractivity contribution in [3.8, 4) is 23.0 Å². The number of benzene rings is 2. The van der Waals surface area contributed by atoms with Crippen LogP contribution < -0.4 is 24.3 Å². The first kappa shape index (κ1) is 22.1. The highest BCUT2D eigenvalue weighted by Gasteiger charge is 2.44. The number of nitrogens with one attached hydrogen (secondary N) is 1. The van der Waals surface area contributed by atoms with Gasteiger partial charge in [0.2, 0.25) is 5.91 Å². The first-order valence-corrected chi connectivity index (χ1v) is 11.7. The number of amides is 2. The second kappa shape index (κ2) is 8.90. The van der Waals surface area contributed by atoms with E-state index in [9.17, 15) is 9.59 Å². The van der Waals surface area contributed by atoms with Crippen molar-refractivity contribution >= 4 is 28.8 Å². The number of anilines is 1. The van der Waals surface area contributed by atoms with Crippen molar-refractivity contribution < 1.29 is 28.5 Å². The molecule has 0 saturated heterocycles. The molecule has 5 rings (SSSR count). The molecule has 9 heteroatoms. The predicted molar refractivity (Wildman–Crippen MR) is 128 cm³/mol. The Morgan fingerprint density at radius 3 is 2.50 bits per heavy atom. The molecule has 0 fully saturated rings. The molecule has 2 aliphatic heterocycles. The van der Waals surface area contributed by atoms with Crippen LogP contribution in [0.15, 0.2) is 47.8 Å². The number of nitrogens with zero attached hydrogens (tertiary/aromatic N) is 1. The Morgan fingerprint density at radius 1 is 1.06 bits per heavy atom. The lowest BCUT2D eigenvalue weighted by Gasteiger charge is -2.39. The maximum atomic E-state index is 13.8. The summed E-state index contributed by atoms with van der Waals surface area (Å²) >= 11 is 1.51. The van der Waals surface area contributed by atoms with Crippen LogP contribution in [0.3, 0.4) is 0 Å². The first-order valence-electron chi connectivity index (χ1n) is 10.8. The van der Waals surface area contributed by atoms with E-state index in [-0.39, 0.29) is 11.8 Å². The Morgan fingerprint density at radius 2 is 1.79 bits per heavy atom. The Hall–Kier alpha value is -3.72. The average molecular weight is 481 g/mol. The topological polar surface area (TPSA) is 86.3 Å². The van der Waals surface area contributed by atoms with E-state index >= 15 is 0 Å². The number of thiophene rings is 1. The summed E-state index contributed by atoms with van der Waals surface area (Å²) in [6, 6.07) is 12.1. The van der Waals surface area contributed by atoms with Crippen LogP contribution in [0.1, 0.15) is 32.8 Å². The molecule has 34 heavy (non-hydrogen) atoms. The molecular formula is C25H24N2O6S. The smallest absolute Gasteiger partial charge is 0.254 e. The Labute approximate surface area is 201 Å². The summed E-state index contributed by atoms with van der Waals surface area (Å²) in [5, 5.41) is 4.95. The number of rotatable bonds is 5. The van der Waals surface area contributed by atoms with Crippen molar-refractivity contribution in [2.75, 3.05) is 39.8 Å². The van der Waals surface area contributed by atoms with E-state index in [4.69, 9.17) is 18.9 Å². The lowest BCUT2D eigenvalue weighted by molar-refractivity contribution is -0.119. The van der Waals surface area contributed by atoms with Gasteiger partial charge in [-0.05, 0) is 41.3 Å². The minimum atomic E-state index is -0.677. The standard InChI is InChI=1S/C25H24N2O6S/c1-27-23(21-5-4-10-34-21)22(15-12-18(30-2)19(31-3)13-16(15)25(27)29)24(28)26-14-6-7-17-20(11-14)33-9-8-32-17/h4-7,10-13,22-23H,8-9H2,1-3H3,(H,26,28)/t22-,23-/m1/s1. The minimum absolute atomic E-state index is 0.183. The zero-order chi connectivity index (χ0) is 23.8. The van der Waals surface area contributed by atoms with Gasteiger partial charge in [-0.2, -0.15) is 0 Å². The third kappa shape index (κ3) is 3.71. The van der Waals surface area contributed by atoms with Gasteiger partial charge in [0.1, 0.15) is 13.2 Å². The average Bonchev–Trinajstić information content (AvgIpc) is 3.39. The molecule has 0 aliphatic carbocycles. The molecule has 1 aromatic heterocycles. The van der Waals surface area contributed by atoms with Crippen LogP contribution >= 0.6 is 11.3 Å².